The van der Waals surface area contributed by atoms with Gasteiger partial charge in [-0.25, -0.2) is 9.07 Å². The number of halogens is 2. The van der Waals surface area contributed by atoms with Crippen LogP contribution in [0.25, 0.3) is 11.8 Å². The SMILES string of the molecule is NC1CCN(C(=O)C=Cc2ccc(-n3cc(Br)cn3)c(F)c2)CC1. The third-order valence-corrected chi connectivity index (χ3v) is 4.45. The number of likely N-dealkylation sites (tertiary alicyclic amines) is 1. The van der Waals surface area contributed by atoms with E-state index < -0.39 is 5.82 Å². The van der Waals surface area contributed by atoms with Crippen molar-refractivity contribution in [1.29, 1.82) is 0 Å². The minimum atomic E-state index is -0.399. The fourth-order valence-electron chi connectivity index (χ4n) is 2.64. The van der Waals surface area contributed by atoms with Gasteiger partial charge in [-0.2, -0.15) is 5.10 Å². The molecule has 24 heavy (non-hydrogen) atoms. The number of rotatable bonds is 3. The summed E-state index contributed by atoms with van der Waals surface area (Å²) in [6.07, 6.45) is 8.03. The third-order valence-electron chi connectivity index (χ3n) is 4.04. The van der Waals surface area contributed by atoms with Crippen molar-refractivity contribution in [2.45, 2.75) is 18.9 Å². The highest BCUT2D eigenvalue weighted by atomic mass is 79.9. The van der Waals surface area contributed by atoms with Gasteiger partial charge < -0.3 is 10.6 Å². The molecule has 7 heteroatoms. The second kappa shape index (κ2) is 7.27. The molecule has 0 bridgehead atoms. The molecule has 1 aromatic heterocycles. The predicted molar refractivity (Wildman–Crippen MR) is 94.0 cm³/mol. The first kappa shape index (κ1) is 16.9. The summed E-state index contributed by atoms with van der Waals surface area (Å²) in [5.74, 6) is -0.466. The topological polar surface area (TPSA) is 64.2 Å². The minimum absolute atomic E-state index is 0.0672. The van der Waals surface area contributed by atoms with E-state index in [-0.39, 0.29) is 11.9 Å². The molecule has 0 atom stereocenters. The van der Waals surface area contributed by atoms with Gasteiger partial charge in [0.1, 0.15) is 11.5 Å². The van der Waals surface area contributed by atoms with Crippen LogP contribution in [0.1, 0.15) is 18.4 Å². The van der Waals surface area contributed by atoms with Gasteiger partial charge in [0.2, 0.25) is 5.91 Å². The van der Waals surface area contributed by atoms with Crippen molar-refractivity contribution in [1.82, 2.24) is 14.7 Å². The van der Waals surface area contributed by atoms with Gasteiger partial charge in [-0.15, -0.1) is 0 Å². The number of piperidine rings is 1. The molecular formula is C17H18BrFN4O. The van der Waals surface area contributed by atoms with E-state index in [1.165, 1.54) is 16.8 Å². The van der Waals surface area contributed by atoms with Gasteiger partial charge in [0, 0.05) is 31.4 Å². The predicted octanol–water partition coefficient (Wildman–Crippen LogP) is 2.74. The van der Waals surface area contributed by atoms with Gasteiger partial charge in [0.05, 0.1) is 10.7 Å². The number of amides is 1. The molecule has 0 saturated carbocycles. The van der Waals surface area contributed by atoms with Crippen molar-refractivity contribution in [3.63, 3.8) is 0 Å². The molecular weight excluding hydrogens is 375 g/mol. The highest BCUT2D eigenvalue weighted by Gasteiger charge is 2.18. The Kier molecular flexibility index (Phi) is 5.11. The molecule has 0 spiro atoms. The van der Waals surface area contributed by atoms with Crippen molar-refractivity contribution >= 4 is 27.9 Å². The molecule has 1 fully saturated rings. The first-order chi connectivity index (χ1) is 11.5. The molecule has 0 unspecified atom stereocenters. The maximum absolute atomic E-state index is 14.2. The standard InChI is InChI=1S/C17H18BrFN4O/c18-13-10-21-23(11-13)16-3-1-12(9-15(16)19)2-4-17(24)22-7-5-14(20)6-8-22/h1-4,9-11,14H,5-8,20H2. The summed E-state index contributed by atoms with van der Waals surface area (Å²) in [5.41, 5.74) is 6.82. The van der Waals surface area contributed by atoms with Crippen LogP contribution >= 0.6 is 15.9 Å². The van der Waals surface area contributed by atoms with Crippen LogP contribution in [-0.2, 0) is 4.79 Å². The normalized spacial score (nSPS) is 16.0. The molecule has 1 aliphatic heterocycles. The van der Waals surface area contributed by atoms with E-state index >= 15 is 0 Å². The van der Waals surface area contributed by atoms with Crippen LogP contribution in [0, 0.1) is 5.82 Å². The molecule has 2 aromatic rings. The zero-order valence-corrected chi connectivity index (χ0v) is 14.6. The smallest absolute Gasteiger partial charge is 0.246 e. The zero-order valence-electron chi connectivity index (χ0n) is 13.0. The quantitative estimate of drug-likeness (QED) is 0.816. The highest BCUT2D eigenvalue weighted by molar-refractivity contribution is 9.10. The molecule has 5 nitrogen and oxygen atoms in total. The van der Waals surface area contributed by atoms with Crippen LogP contribution < -0.4 is 5.73 Å². The Balaban J connectivity index is 1.69. The Hall–Kier alpha value is -1.99. The lowest BCUT2D eigenvalue weighted by Gasteiger charge is -2.29. The van der Waals surface area contributed by atoms with Crippen molar-refractivity contribution in [2.24, 2.45) is 5.73 Å². The first-order valence-electron chi connectivity index (χ1n) is 7.75. The van der Waals surface area contributed by atoms with E-state index in [4.69, 9.17) is 5.73 Å². The Labute approximate surface area is 148 Å². The summed E-state index contributed by atoms with van der Waals surface area (Å²) in [4.78, 5) is 13.9. The number of aromatic nitrogens is 2. The number of nitrogens with two attached hydrogens (primary N) is 1. The van der Waals surface area contributed by atoms with Gasteiger partial charge in [0.25, 0.3) is 0 Å². The van der Waals surface area contributed by atoms with Gasteiger partial charge >= 0.3 is 0 Å². The van der Waals surface area contributed by atoms with Gasteiger partial charge in [0.15, 0.2) is 0 Å². The van der Waals surface area contributed by atoms with Crippen LogP contribution in [0.5, 0.6) is 0 Å². The molecule has 2 heterocycles. The summed E-state index contributed by atoms with van der Waals surface area (Å²) in [5, 5.41) is 4.06. The van der Waals surface area contributed by atoms with E-state index in [9.17, 15) is 9.18 Å². The second-order valence-electron chi connectivity index (χ2n) is 5.81. The van der Waals surface area contributed by atoms with E-state index in [0.717, 1.165) is 17.3 Å². The van der Waals surface area contributed by atoms with E-state index in [1.54, 1.807) is 35.5 Å². The number of benzene rings is 1. The number of hydrogen-bond acceptors (Lipinski definition) is 3. The molecule has 1 aromatic carbocycles. The first-order valence-corrected chi connectivity index (χ1v) is 8.55. The average Bonchev–Trinajstić information content (AvgIpc) is 2.99. The van der Waals surface area contributed by atoms with E-state index in [2.05, 4.69) is 21.0 Å². The largest absolute Gasteiger partial charge is 0.339 e. The van der Waals surface area contributed by atoms with Crippen LogP contribution in [0.15, 0.2) is 41.1 Å². The Bertz CT molecular complexity index is 766. The Morgan fingerprint density at radius 1 is 1.38 bits per heavy atom. The summed E-state index contributed by atoms with van der Waals surface area (Å²) in [6.45, 7) is 1.34. The molecule has 1 amide bonds. The molecule has 3 rings (SSSR count). The Morgan fingerprint density at radius 2 is 2.12 bits per heavy atom. The number of carbonyl (C=O) groups excluding carboxylic acids is 1. The lowest BCUT2D eigenvalue weighted by Crippen LogP contribution is -2.42. The van der Waals surface area contributed by atoms with Crippen LogP contribution in [-0.4, -0.2) is 39.7 Å². The molecule has 1 saturated heterocycles. The summed E-state index contributed by atoms with van der Waals surface area (Å²) in [6, 6.07) is 4.96. The van der Waals surface area contributed by atoms with E-state index in [1.807, 2.05) is 0 Å². The van der Waals surface area contributed by atoms with Crippen molar-refractivity contribution < 1.29 is 9.18 Å². The highest BCUT2D eigenvalue weighted by Crippen LogP contribution is 2.18. The van der Waals surface area contributed by atoms with Gasteiger partial charge in [-0.3, -0.25) is 4.79 Å². The molecule has 0 radical (unpaired) electrons. The lowest BCUT2D eigenvalue weighted by atomic mass is 10.1. The van der Waals surface area contributed by atoms with Gasteiger partial charge in [-0.1, -0.05) is 6.07 Å². The maximum Gasteiger partial charge on any atom is 0.246 e. The Morgan fingerprint density at radius 3 is 2.75 bits per heavy atom. The zero-order chi connectivity index (χ0) is 17.1. The van der Waals surface area contributed by atoms with Crippen LogP contribution in [0.4, 0.5) is 4.39 Å². The summed E-state index contributed by atoms with van der Waals surface area (Å²) >= 11 is 3.28. The number of nitrogens with zero attached hydrogens (tertiary/aromatic N) is 3. The van der Waals surface area contributed by atoms with E-state index in [0.29, 0.717) is 24.3 Å². The molecule has 2 N–H and O–H groups in total. The molecule has 1 aliphatic rings. The van der Waals surface area contributed by atoms with Crippen molar-refractivity contribution in [3.8, 4) is 5.69 Å². The van der Waals surface area contributed by atoms with Crippen LogP contribution in [0.2, 0.25) is 0 Å². The maximum atomic E-state index is 14.2. The molecule has 126 valence electrons. The number of hydrogen-bond donors (Lipinski definition) is 1. The average molecular weight is 393 g/mol. The minimum Gasteiger partial charge on any atom is -0.339 e. The monoisotopic (exact) mass is 392 g/mol. The lowest BCUT2D eigenvalue weighted by molar-refractivity contribution is -0.126. The van der Waals surface area contributed by atoms with Crippen LogP contribution in [0.3, 0.4) is 0 Å². The summed E-state index contributed by atoms with van der Waals surface area (Å²) in [7, 11) is 0. The van der Waals surface area contributed by atoms with Crippen molar-refractivity contribution in [2.75, 3.05) is 13.1 Å². The molecule has 0 aliphatic carbocycles. The second-order valence-corrected chi connectivity index (χ2v) is 6.73. The fourth-order valence-corrected chi connectivity index (χ4v) is 2.92. The summed E-state index contributed by atoms with van der Waals surface area (Å²) < 4.78 is 16.5. The third kappa shape index (κ3) is 3.91. The fraction of sp³-hybridized carbons (Fsp3) is 0.294. The number of carbonyl (C=O) groups is 1. The van der Waals surface area contributed by atoms with Gasteiger partial charge in [-0.05, 0) is 52.5 Å². The van der Waals surface area contributed by atoms with Crippen molar-refractivity contribution in [3.05, 3.63) is 52.5 Å².